The van der Waals surface area contributed by atoms with E-state index >= 15 is 0 Å². The summed E-state index contributed by atoms with van der Waals surface area (Å²) in [6, 6.07) is 6.74. The first kappa shape index (κ1) is 12.0. The topological polar surface area (TPSA) is 93.3 Å². The SMILES string of the molecule is COc1ccnc(NCc2ccc(N)c(O)c2)n1. The molecule has 0 amide bonds. The third-order valence-electron chi connectivity index (χ3n) is 2.38. The first-order valence-electron chi connectivity index (χ1n) is 5.37. The monoisotopic (exact) mass is 246 g/mol. The highest BCUT2D eigenvalue weighted by atomic mass is 16.5. The van der Waals surface area contributed by atoms with Gasteiger partial charge in [-0.2, -0.15) is 4.98 Å². The van der Waals surface area contributed by atoms with Crippen molar-refractivity contribution >= 4 is 11.6 Å². The van der Waals surface area contributed by atoms with Gasteiger partial charge in [-0.25, -0.2) is 4.98 Å². The summed E-state index contributed by atoms with van der Waals surface area (Å²) >= 11 is 0. The summed E-state index contributed by atoms with van der Waals surface area (Å²) < 4.78 is 4.99. The average Bonchev–Trinajstić information content (AvgIpc) is 2.40. The summed E-state index contributed by atoms with van der Waals surface area (Å²) in [7, 11) is 1.55. The third kappa shape index (κ3) is 2.79. The standard InChI is InChI=1S/C12H14N4O2/c1-18-11-4-5-14-12(16-11)15-7-8-2-3-9(13)10(17)6-8/h2-6,17H,7,13H2,1H3,(H,14,15,16). The predicted octanol–water partition coefficient (Wildman–Crippen LogP) is 1.39. The Morgan fingerprint density at radius 3 is 2.94 bits per heavy atom. The number of benzene rings is 1. The fourth-order valence-corrected chi connectivity index (χ4v) is 1.42. The number of nitrogens with one attached hydrogen (secondary N) is 1. The average molecular weight is 246 g/mol. The van der Waals surface area contributed by atoms with Crippen LogP contribution in [0.15, 0.2) is 30.5 Å². The first-order chi connectivity index (χ1) is 8.69. The fourth-order valence-electron chi connectivity index (χ4n) is 1.42. The van der Waals surface area contributed by atoms with E-state index in [-0.39, 0.29) is 5.75 Å². The van der Waals surface area contributed by atoms with Gasteiger partial charge >= 0.3 is 0 Å². The Balaban J connectivity index is 2.04. The van der Waals surface area contributed by atoms with Crippen LogP contribution in [-0.2, 0) is 6.54 Å². The first-order valence-corrected chi connectivity index (χ1v) is 5.37. The van der Waals surface area contributed by atoms with Crippen molar-refractivity contribution in [2.75, 3.05) is 18.2 Å². The molecule has 0 atom stereocenters. The molecule has 1 aromatic carbocycles. The third-order valence-corrected chi connectivity index (χ3v) is 2.38. The van der Waals surface area contributed by atoms with Crippen LogP contribution in [0.3, 0.4) is 0 Å². The number of hydrogen-bond donors (Lipinski definition) is 3. The van der Waals surface area contributed by atoms with Gasteiger partial charge in [0.15, 0.2) is 0 Å². The Labute approximate surface area is 104 Å². The van der Waals surface area contributed by atoms with Crippen molar-refractivity contribution in [3.8, 4) is 11.6 Å². The number of nitrogens with zero attached hydrogens (tertiary/aromatic N) is 2. The molecule has 6 heteroatoms. The van der Waals surface area contributed by atoms with Gasteiger partial charge in [-0.15, -0.1) is 0 Å². The molecule has 6 nitrogen and oxygen atoms in total. The molecule has 0 saturated heterocycles. The van der Waals surface area contributed by atoms with Crippen molar-refractivity contribution in [1.82, 2.24) is 9.97 Å². The molecule has 4 N–H and O–H groups in total. The van der Waals surface area contributed by atoms with Crippen molar-refractivity contribution in [3.63, 3.8) is 0 Å². The number of methoxy groups -OCH3 is 1. The highest BCUT2D eigenvalue weighted by Gasteiger charge is 2.01. The van der Waals surface area contributed by atoms with Crippen LogP contribution in [-0.4, -0.2) is 22.2 Å². The van der Waals surface area contributed by atoms with E-state index in [1.807, 2.05) is 6.07 Å². The number of anilines is 2. The number of aromatic hydroxyl groups is 1. The quantitative estimate of drug-likeness (QED) is 0.557. The van der Waals surface area contributed by atoms with Gasteiger partial charge in [0.05, 0.1) is 12.8 Å². The van der Waals surface area contributed by atoms with Crippen molar-refractivity contribution in [2.24, 2.45) is 0 Å². The van der Waals surface area contributed by atoms with Crippen LogP contribution in [0.4, 0.5) is 11.6 Å². The summed E-state index contributed by atoms with van der Waals surface area (Å²) in [5, 5.41) is 12.5. The molecule has 2 rings (SSSR count). The maximum Gasteiger partial charge on any atom is 0.226 e. The Morgan fingerprint density at radius 2 is 2.22 bits per heavy atom. The van der Waals surface area contributed by atoms with E-state index in [4.69, 9.17) is 10.5 Å². The van der Waals surface area contributed by atoms with Crippen LogP contribution >= 0.6 is 0 Å². The predicted molar refractivity (Wildman–Crippen MR) is 68.4 cm³/mol. The molecule has 0 spiro atoms. The van der Waals surface area contributed by atoms with E-state index in [0.717, 1.165) is 5.56 Å². The summed E-state index contributed by atoms with van der Waals surface area (Å²) in [5.74, 6) is 1.03. The molecule has 0 unspecified atom stereocenters. The van der Waals surface area contributed by atoms with E-state index in [1.165, 1.54) is 0 Å². The summed E-state index contributed by atoms with van der Waals surface area (Å²) in [4.78, 5) is 8.17. The van der Waals surface area contributed by atoms with Gasteiger partial charge in [0, 0.05) is 18.8 Å². The molecule has 0 aliphatic carbocycles. The number of nitrogens with two attached hydrogens (primary N) is 1. The molecule has 1 aromatic heterocycles. The number of rotatable bonds is 4. The largest absolute Gasteiger partial charge is 0.506 e. The van der Waals surface area contributed by atoms with Gasteiger partial charge in [-0.05, 0) is 17.7 Å². The molecule has 0 radical (unpaired) electrons. The molecule has 1 heterocycles. The second-order valence-corrected chi connectivity index (χ2v) is 3.67. The zero-order valence-corrected chi connectivity index (χ0v) is 9.92. The minimum Gasteiger partial charge on any atom is -0.506 e. The number of ether oxygens (including phenoxy) is 1. The van der Waals surface area contributed by atoms with Crippen LogP contribution in [0, 0.1) is 0 Å². The molecular formula is C12H14N4O2. The Morgan fingerprint density at radius 1 is 1.39 bits per heavy atom. The number of hydrogen-bond acceptors (Lipinski definition) is 6. The lowest BCUT2D eigenvalue weighted by Gasteiger charge is -2.07. The number of aromatic nitrogens is 2. The van der Waals surface area contributed by atoms with Gasteiger partial charge < -0.3 is 20.9 Å². The molecule has 18 heavy (non-hydrogen) atoms. The second-order valence-electron chi connectivity index (χ2n) is 3.67. The lowest BCUT2D eigenvalue weighted by atomic mass is 10.2. The minimum absolute atomic E-state index is 0.0702. The van der Waals surface area contributed by atoms with Crippen molar-refractivity contribution in [3.05, 3.63) is 36.0 Å². The molecule has 94 valence electrons. The molecule has 0 aliphatic rings. The van der Waals surface area contributed by atoms with E-state index in [2.05, 4.69) is 15.3 Å². The molecule has 0 fully saturated rings. The van der Waals surface area contributed by atoms with Gasteiger partial charge in [-0.3, -0.25) is 0 Å². The highest BCUT2D eigenvalue weighted by molar-refractivity contribution is 5.53. The van der Waals surface area contributed by atoms with Crippen LogP contribution < -0.4 is 15.8 Å². The van der Waals surface area contributed by atoms with Crippen molar-refractivity contribution < 1.29 is 9.84 Å². The van der Waals surface area contributed by atoms with E-state index in [9.17, 15) is 5.11 Å². The Hall–Kier alpha value is -2.50. The van der Waals surface area contributed by atoms with Crippen LogP contribution in [0.2, 0.25) is 0 Å². The number of nitrogen functional groups attached to an aromatic ring is 1. The Kier molecular flexibility index (Phi) is 3.47. The molecule has 0 aliphatic heterocycles. The van der Waals surface area contributed by atoms with Gasteiger partial charge in [-0.1, -0.05) is 6.07 Å². The summed E-state index contributed by atoms with van der Waals surface area (Å²) in [6.07, 6.45) is 1.61. The van der Waals surface area contributed by atoms with Crippen LogP contribution in [0.1, 0.15) is 5.56 Å². The minimum atomic E-state index is 0.0702. The van der Waals surface area contributed by atoms with Gasteiger partial charge in [0.2, 0.25) is 11.8 Å². The van der Waals surface area contributed by atoms with Gasteiger partial charge in [0.1, 0.15) is 5.75 Å². The smallest absolute Gasteiger partial charge is 0.226 e. The van der Waals surface area contributed by atoms with E-state index < -0.39 is 0 Å². The van der Waals surface area contributed by atoms with Crippen LogP contribution in [0.5, 0.6) is 11.6 Å². The molecular weight excluding hydrogens is 232 g/mol. The highest BCUT2D eigenvalue weighted by Crippen LogP contribution is 2.21. The summed E-state index contributed by atoms with van der Waals surface area (Å²) in [5.41, 5.74) is 6.76. The normalized spacial score (nSPS) is 10.1. The van der Waals surface area contributed by atoms with E-state index in [0.29, 0.717) is 24.1 Å². The van der Waals surface area contributed by atoms with Crippen molar-refractivity contribution in [1.29, 1.82) is 0 Å². The lowest BCUT2D eigenvalue weighted by molar-refractivity contribution is 0.397. The number of phenols is 1. The van der Waals surface area contributed by atoms with Gasteiger partial charge in [0.25, 0.3) is 0 Å². The second kappa shape index (κ2) is 5.22. The zero-order valence-electron chi connectivity index (χ0n) is 9.92. The molecule has 0 bridgehead atoms. The molecule has 2 aromatic rings. The number of phenolic OH excluding ortho intramolecular Hbond substituents is 1. The maximum atomic E-state index is 9.48. The van der Waals surface area contributed by atoms with Crippen molar-refractivity contribution in [2.45, 2.75) is 6.54 Å². The Bertz CT molecular complexity index is 545. The lowest BCUT2D eigenvalue weighted by Crippen LogP contribution is -2.04. The molecule has 0 saturated carbocycles. The maximum absolute atomic E-state index is 9.48. The zero-order chi connectivity index (χ0) is 13.0. The van der Waals surface area contributed by atoms with E-state index in [1.54, 1.807) is 31.5 Å². The van der Waals surface area contributed by atoms with Crippen LogP contribution in [0.25, 0.3) is 0 Å². The fraction of sp³-hybridized carbons (Fsp3) is 0.167. The summed E-state index contributed by atoms with van der Waals surface area (Å²) in [6.45, 7) is 0.487.